The van der Waals surface area contributed by atoms with E-state index in [0.717, 1.165) is 24.4 Å². The van der Waals surface area contributed by atoms with Gasteiger partial charge in [0, 0.05) is 13.1 Å². The maximum absolute atomic E-state index is 5.40. The van der Waals surface area contributed by atoms with Gasteiger partial charge in [-0.15, -0.1) is 0 Å². The van der Waals surface area contributed by atoms with Gasteiger partial charge in [-0.1, -0.05) is 6.07 Å². The summed E-state index contributed by atoms with van der Waals surface area (Å²) < 4.78 is 5.40. The molecule has 1 heterocycles. The zero-order valence-corrected chi connectivity index (χ0v) is 9.33. The number of hydrogen-bond acceptors (Lipinski definition) is 2. The first-order valence-electron chi connectivity index (χ1n) is 5.56. The van der Waals surface area contributed by atoms with E-state index in [2.05, 4.69) is 17.9 Å². The minimum absolute atomic E-state index is 0.949. The SMILES string of the molecule is [CH2]c1ccc(N2CCCCC2)c(OC)c1. The van der Waals surface area contributed by atoms with E-state index in [9.17, 15) is 0 Å². The Morgan fingerprint density at radius 2 is 1.93 bits per heavy atom. The van der Waals surface area contributed by atoms with Gasteiger partial charge in [0.2, 0.25) is 0 Å². The van der Waals surface area contributed by atoms with Crippen LogP contribution in [-0.2, 0) is 0 Å². The lowest BCUT2D eigenvalue weighted by molar-refractivity contribution is 0.412. The Labute approximate surface area is 91.9 Å². The topological polar surface area (TPSA) is 12.5 Å². The molecule has 81 valence electrons. The molecule has 1 saturated heterocycles. The van der Waals surface area contributed by atoms with E-state index in [1.165, 1.54) is 24.9 Å². The summed E-state index contributed by atoms with van der Waals surface area (Å²) in [6.07, 6.45) is 3.93. The average Bonchev–Trinajstić information content (AvgIpc) is 2.30. The molecule has 0 aliphatic carbocycles. The van der Waals surface area contributed by atoms with Crippen LogP contribution < -0.4 is 9.64 Å². The Kier molecular flexibility index (Phi) is 3.14. The highest BCUT2D eigenvalue weighted by molar-refractivity contribution is 5.60. The quantitative estimate of drug-likeness (QED) is 0.734. The molecule has 0 N–H and O–H groups in total. The first kappa shape index (κ1) is 10.3. The number of benzene rings is 1. The fraction of sp³-hybridized carbons (Fsp3) is 0.462. The van der Waals surface area contributed by atoms with Crippen LogP contribution in [0.2, 0.25) is 0 Å². The Bertz CT molecular complexity index is 329. The minimum atomic E-state index is 0.949. The van der Waals surface area contributed by atoms with Crippen molar-refractivity contribution in [2.45, 2.75) is 19.3 Å². The Hall–Kier alpha value is -1.18. The average molecular weight is 204 g/mol. The Morgan fingerprint density at radius 3 is 2.60 bits per heavy atom. The van der Waals surface area contributed by atoms with Crippen LogP contribution in [0.1, 0.15) is 24.8 Å². The smallest absolute Gasteiger partial charge is 0.142 e. The van der Waals surface area contributed by atoms with Crippen LogP contribution in [0.5, 0.6) is 5.75 Å². The first-order chi connectivity index (χ1) is 7.31. The third-order valence-corrected chi connectivity index (χ3v) is 2.94. The first-order valence-corrected chi connectivity index (χ1v) is 5.56. The molecule has 0 amide bonds. The summed E-state index contributed by atoms with van der Waals surface area (Å²) >= 11 is 0. The number of hydrogen-bond donors (Lipinski definition) is 0. The minimum Gasteiger partial charge on any atom is -0.495 e. The van der Waals surface area contributed by atoms with E-state index in [1.54, 1.807) is 7.11 Å². The molecule has 0 atom stereocenters. The van der Waals surface area contributed by atoms with Gasteiger partial charge in [0.1, 0.15) is 5.75 Å². The van der Waals surface area contributed by atoms with Gasteiger partial charge in [-0.25, -0.2) is 0 Å². The van der Waals surface area contributed by atoms with Crippen molar-refractivity contribution >= 4 is 5.69 Å². The van der Waals surface area contributed by atoms with Crippen LogP contribution in [0.3, 0.4) is 0 Å². The van der Waals surface area contributed by atoms with E-state index in [-0.39, 0.29) is 0 Å². The molecule has 1 aromatic rings. The van der Waals surface area contributed by atoms with Crippen molar-refractivity contribution in [1.82, 2.24) is 0 Å². The van der Waals surface area contributed by atoms with Gasteiger partial charge in [0.15, 0.2) is 0 Å². The third kappa shape index (κ3) is 2.25. The molecule has 0 spiro atoms. The largest absolute Gasteiger partial charge is 0.495 e. The van der Waals surface area contributed by atoms with Gasteiger partial charge in [0.25, 0.3) is 0 Å². The number of ether oxygens (including phenoxy) is 1. The summed E-state index contributed by atoms with van der Waals surface area (Å²) in [7, 11) is 1.72. The summed E-state index contributed by atoms with van der Waals surface area (Å²) in [5.74, 6) is 0.949. The molecule has 0 bridgehead atoms. The molecular weight excluding hydrogens is 186 g/mol. The zero-order chi connectivity index (χ0) is 10.7. The number of methoxy groups -OCH3 is 1. The molecule has 0 saturated carbocycles. The number of anilines is 1. The number of piperidine rings is 1. The van der Waals surface area contributed by atoms with Gasteiger partial charge in [0.05, 0.1) is 12.8 Å². The highest BCUT2D eigenvalue weighted by Crippen LogP contribution is 2.30. The molecular formula is C13H18NO. The lowest BCUT2D eigenvalue weighted by atomic mass is 10.1. The van der Waals surface area contributed by atoms with Gasteiger partial charge in [-0.3, -0.25) is 0 Å². The van der Waals surface area contributed by atoms with Gasteiger partial charge < -0.3 is 9.64 Å². The molecule has 15 heavy (non-hydrogen) atoms. The van der Waals surface area contributed by atoms with Crippen LogP contribution in [0.4, 0.5) is 5.69 Å². The fourth-order valence-electron chi connectivity index (χ4n) is 2.12. The van der Waals surface area contributed by atoms with Crippen LogP contribution >= 0.6 is 0 Å². The number of rotatable bonds is 2. The van der Waals surface area contributed by atoms with E-state index in [1.807, 2.05) is 12.1 Å². The normalized spacial score (nSPS) is 16.5. The molecule has 1 fully saturated rings. The van der Waals surface area contributed by atoms with Gasteiger partial charge >= 0.3 is 0 Å². The summed E-state index contributed by atoms with van der Waals surface area (Å²) in [5.41, 5.74) is 2.22. The molecule has 1 aromatic carbocycles. The zero-order valence-electron chi connectivity index (χ0n) is 9.33. The lowest BCUT2D eigenvalue weighted by Gasteiger charge is -2.30. The second-order valence-electron chi connectivity index (χ2n) is 4.05. The van der Waals surface area contributed by atoms with Crippen LogP contribution in [0, 0.1) is 6.92 Å². The summed E-state index contributed by atoms with van der Waals surface area (Å²) in [4.78, 5) is 2.40. The van der Waals surface area contributed by atoms with Crippen molar-refractivity contribution in [3.63, 3.8) is 0 Å². The van der Waals surface area contributed by atoms with Crippen molar-refractivity contribution in [2.24, 2.45) is 0 Å². The fourth-order valence-corrected chi connectivity index (χ4v) is 2.12. The second kappa shape index (κ2) is 4.56. The van der Waals surface area contributed by atoms with Crippen molar-refractivity contribution in [2.75, 3.05) is 25.1 Å². The van der Waals surface area contributed by atoms with E-state index >= 15 is 0 Å². The van der Waals surface area contributed by atoms with E-state index in [0.29, 0.717) is 0 Å². The summed E-state index contributed by atoms with van der Waals surface area (Å²) in [6.45, 7) is 6.21. The van der Waals surface area contributed by atoms with Gasteiger partial charge in [-0.05, 0) is 43.9 Å². The van der Waals surface area contributed by atoms with Crippen molar-refractivity contribution in [3.8, 4) is 5.75 Å². The Balaban J connectivity index is 2.25. The molecule has 2 heteroatoms. The van der Waals surface area contributed by atoms with Crippen LogP contribution in [-0.4, -0.2) is 20.2 Å². The van der Waals surface area contributed by atoms with Crippen molar-refractivity contribution < 1.29 is 4.74 Å². The Morgan fingerprint density at radius 1 is 1.20 bits per heavy atom. The van der Waals surface area contributed by atoms with E-state index in [4.69, 9.17) is 4.74 Å². The molecule has 2 nitrogen and oxygen atoms in total. The molecule has 1 radical (unpaired) electrons. The molecule has 1 aliphatic rings. The van der Waals surface area contributed by atoms with Gasteiger partial charge in [-0.2, -0.15) is 0 Å². The predicted molar refractivity (Wildman–Crippen MR) is 63.5 cm³/mol. The molecule has 2 rings (SSSR count). The third-order valence-electron chi connectivity index (χ3n) is 2.94. The van der Waals surface area contributed by atoms with Crippen LogP contribution in [0.25, 0.3) is 0 Å². The second-order valence-corrected chi connectivity index (χ2v) is 4.05. The lowest BCUT2D eigenvalue weighted by Crippen LogP contribution is -2.29. The maximum atomic E-state index is 5.40. The predicted octanol–water partition coefficient (Wildman–Crippen LogP) is 2.87. The van der Waals surface area contributed by atoms with Crippen molar-refractivity contribution in [3.05, 3.63) is 30.7 Å². The maximum Gasteiger partial charge on any atom is 0.142 e. The standard InChI is InChI=1S/C13H18NO/c1-11-6-7-12(13(10-11)15-2)14-8-4-3-5-9-14/h6-7,10H,1,3-5,8-9H2,2H3. The molecule has 0 unspecified atom stereocenters. The highest BCUT2D eigenvalue weighted by atomic mass is 16.5. The van der Waals surface area contributed by atoms with Crippen molar-refractivity contribution in [1.29, 1.82) is 0 Å². The summed E-state index contributed by atoms with van der Waals surface area (Å²) in [5, 5.41) is 0. The monoisotopic (exact) mass is 204 g/mol. The molecule has 1 aliphatic heterocycles. The van der Waals surface area contributed by atoms with E-state index < -0.39 is 0 Å². The highest BCUT2D eigenvalue weighted by Gasteiger charge is 2.14. The van der Waals surface area contributed by atoms with Crippen LogP contribution in [0.15, 0.2) is 18.2 Å². The number of nitrogens with zero attached hydrogens (tertiary/aromatic N) is 1. The molecule has 0 aromatic heterocycles. The summed E-state index contributed by atoms with van der Waals surface area (Å²) in [6, 6.07) is 6.17.